The van der Waals surface area contributed by atoms with Crippen molar-refractivity contribution in [3.63, 3.8) is 0 Å². The van der Waals surface area contributed by atoms with Crippen LogP contribution in [0.3, 0.4) is 0 Å². The Morgan fingerprint density at radius 1 is 0.915 bits per heavy atom. The van der Waals surface area contributed by atoms with Gasteiger partial charge in [0, 0.05) is 21.5 Å². The van der Waals surface area contributed by atoms with E-state index in [1.165, 1.54) is 30.9 Å². The van der Waals surface area contributed by atoms with Gasteiger partial charge in [-0.05, 0) is 73.2 Å². The number of thiazole rings is 1. The second-order valence-electron chi connectivity index (χ2n) is 10.6. The number of carbonyl (C=O) groups is 4. The van der Waals surface area contributed by atoms with Crippen molar-refractivity contribution in [3.05, 3.63) is 97.4 Å². The number of hydrogen-bond acceptors (Lipinski definition) is 10. The van der Waals surface area contributed by atoms with Gasteiger partial charge >= 0.3 is 10.8 Å². The Morgan fingerprint density at radius 3 is 2.28 bits per heavy atom. The summed E-state index contributed by atoms with van der Waals surface area (Å²) < 4.78 is 17.3. The molecule has 0 aliphatic carbocycles. The highest BCUT2D eigenvalue weighted by Crippen LogP contribution is 2.54. The van der Waals surface area contributed by atoms with E-state index >= 15 is 0 Å². The fourth-order valence-corrected chi connectivity index (χ4v) is 8.65. The van der Waals surface area contributed by atoms with Crippen LogP contribution in [-0.4, -0.2) is 54.3 Å². The van der Waals surface area contributed by atoms with Gasteiger partial charge < -0.3 is 19.5 Å². The maximum atomic E-state index is 14.1. The van der Waals surface area contributed by atoms with Gasteiger partial charge in [-0.3, -0.25) is 23.7 Å². The lowest BCUT2D eigenvalue weighted by molar-refractivity contribution is -0.122. The summed E-state index contributed by atoms with van der Waals surface area (Å²) in [5, 5.41) is 2.78. The fraction of sp³-hybridized carbons (Fsp3) is 0.242. The van der Waals surface area contributed by atoms with Gasteiger partial charge in [0.05, 0.1) is 43.0 Å². The Balaban J connectivity index is 1.37. The standard InChI is InChI=1S/C33H28ClN3O8S2/c1-4-45-32(41)17-5-10-20(11-6-17)35-24(38)16-36-31-28(47-33(36)42)25(18-7-14-22(43-2)23(15-18)44-3)26-27(46-31)30(40)37(29(26)39)21-12-8-19(34)9-13-21/h5-15,25-27H,4,16H2,1-3H3,(H,35,38)/t25-,26?,27?/m0/s1. The molecule has 1 N–H and O–H groups in total. The molecular weight excluding hydrogens is 666 g/mol. The number of fused-ring (bicyclic) bond motifs is 2. The molecule has 14 heteroatoms. The SMILES string of the molecule is CCOC(=O)c1ccc(NC(=O)Cn2c3c(sc2=O)[C@@H](c2ccc(OC)c(OC)c2)C2C(=O)N(c4ccc(Cl)cc4)C(=O)C2S3)cc1. The first-order valence-corrected chi connectivity index (χ1v) is 16.5. The van der Waals surface area contributed by atoms with Crippen LogP contribution in [-0.2, 0) is 25.7 Å². The molecule has 6 rings (SSSR count). The second kappa shape index (κ2) is 13.3. The van der Waals surface area contributed by atoms with Crippen molar-refractivity contribution in [2.24, 2.45) is 5.92 Å². The maximum absolute atomic E-state index is 14.1. The highest BCUT2D eigenvalue weighted by atomic mass is 35.5. The van der Waals surface area contributed by atoms with Crippen LogP contribution >= 0.6 is 34.7 Å². The lowest BCUT2D eigenvalue weighted by Crippen LogP contribution is -2.33. The van der Waals surface area contributed by atoms with Crippen LogP contribution in [0.2, 0.25) is 5.02 Å². The Kier molecular flexibility index (Phi) is 9.13. The number of imide groups is 1. The Labute approximate surface area is 282 Å². The lowest BCUT2D eigenvalue weighted by Gasteiger charge is -2.31. The number of rotatable bonds is 9. The highest BCUT2D eigenvalue weighted by Gasteiger charge is 2.57. The molecule has 3 atom stereocenters. The van der Waals surface area contributed by atoms with E-state index in [2.05, 4.69) is 5.32 Å². The third kappa shape index (κ3) is 6.01. The summed E-state index contributed by atoms with van der Waals surface area (Å²) in [6.45, 7) is 1.61. The van der Waals surface area contributed by atoms with E-state index in [1.807, 2.05) is 0 Å². The smallest absolute Gasteiger partial charge is 0.338 e. The number of amides is 3. The number of thioether (sulfide) groups is 1. The predicted molar refractivity (Wildman–Crippen MR) is 178 cm³/mol. The molecule has 0 spiro atoms. The molecule has 3 amide bonds. The number of methoxy groups -OCH3 is 2. The van der Waals surface area contributed by atoms with Crippen LogP contribution in [0.5, 0.6) is 11.5 Å². The van der Waals surface area contributed by atoms with E-state index in [-0.39, 0.29) is 13.2 Å². The summed E-state index contributed by atoms with van der Waals surface area (Å²) in [5.41, 5.74) is 1.80. The van der Waals surface area contributed by atoms with Crippen LogP contribution in [0.25, 0.3) is 0 Å². The van der Waals surface area contributed by atoms with Crippen LogP contribution in [0.4, 0.5) is 11.4 Å². The molecule has 3 aromatic carbocycles. The van der Waals surface area contributed by atoms with Crippen molar-refractivity contribution in [2.45, 2.75) is 29.7 Å². The number of anilines is 2. The normalized spacial score (nSPS) is 18.4. The molecule has 242 valence electrons. The molecule has 2 unspecified atom stereocenters. The largest absolute Gasteiger partial charge is 0.493 e. The topological polar surface area (TPSA) is 133 Å². The van der Waals surface area contributed by atoms with Crippen molar-refractivity contribution in [1.82, 2.24) is 4.57 Å². The van der Waals surface area contributed by atoms with E-state index in [0.717, 1.165) is 28.0 Å². The predicted octanol–water partition coefficient (Wildman–Crippen LogP) is 5.19. The van der Waals surface area contributed by atoms with Gasteiger partial charge in [-0.1, -0.05) is 40.8 Å². The van der Waals surface area contributed by atoms with E-state index in [1.54, 1.807) is 61.5 Å². The van der Waals surface area contributed by atoms with E-state index in [0.29, 0.717) is 48.9 Å². The van der Waals surface area contributed by atoms with Crippen molar-refractivity contribution in [1.29, 1.82) is 0 Å². The quantitative estimate of drug-likeness (QED) is 0.186. The Bertz CT molecular complexity index is 1940. The van der Waals surface area contributed by atoms with Gasteiger partial charge in [0.2, 0.25) is 17.7 Å². The maximum Gasteiger partial charge on any atom is 0.338 e. The number of carbonyl (C=O) groups excluding carboxylic acids is 4. The van der Waals surface area contributed by atoms with Crippen molar-refractivity contribution < 1.29 is 33.4 Å². The molecular formula is C33H28ClN3O8S2. The molecule has 1 aromatic heterocycles. The molecule has 0 radical (unpaired) electrons. The third-order valence-corrected chi connectivity index (χ3v) is 10.7. The first-order valence-electron chi connectivity index (χ1n) is 14.5. The molecule has 1 fully saturated rings. The van der Waals surface area contributed by atoms with Crippen LogP contribution in [0.1, 0.15) is 33.6 Å². The zero-order chi connectivity index (χ0) is 33.4. The average molecular weight is 694 g/mol. The first kappa shape index (κ1) is 32.4. The zero-order valence-electron chi connectivity index (χ0n) is 25.4. The second-order valence-corrected chi connectivity index (χ2v) is 13.2. The summed E-state index contributed by atoms with van der Waals surface area (Å²) in [6.07, 6.45) is 0. The number of benzene rings is 3. The number of esters is 1. The minimum Gasteiger partial charge on any atom is -0.493 e. The summed E-state index contributed by atoms with van der Waals surface area (Å²) in [7, 11) is 3.01. The molecule has 2 aliphatic heterocycles. The molecule has 4 aromatic rings. The van der Waals surface area contributed by atoms with Gasteiger partial charge in [-0.25, -0.2) is 9.69 Å². The number of nitrogens with zero attached hydrogens (tertiary/aromatic N) is 2. The summed E-state index contributed by atoms with van der Waals surface area (Å²) in [6, 6.07) is 17.9. The number of ether oxygens (including phenoxy) is 3. The Morgan fingerprint density at radius 2 is 1.62 bits per heavy atom. The summed E-state index contributed by atoms with van der Waals surface area (Å²) in [4.78, 5) is 68.1. The van der Waals surface area contributed by atoms with E-state index in [4.69, 9.17) is 25.8 Å². The molecule has 0 saturated carbocycles. The number of halogens is 1. The van der Waals surface area contributed by atoms with Gasteiger partial charge in [0.1, 0.15) is 11.8 Å². The fourth-order valence-electron chi connectivity index (χ4n) is 5.75. The molecule has 1 saturated heterocycles. The molecule has 47 heavy (non-hydrogen) atoms. The number of aromatic nitrogens is 1. The number of hydrogen-bond donors (Lipinski definition) is 1. The first-order chi connectivity index (χ1) is 22.6. The molecule has 2 aliphatic rings. The summed E-state index contributed by atoms with van der Waals surface area (Å²) in [5.74, 6) is -2.43. The number of nitrogens with one attached hydrogen (secondary N) is 1. The monoisotopic (exact) mass is 693 g/mol. The molecule has 0 bridgehead atoms. The van der Waals surface area contributed by atoms with Crippen LogP contribution < -0.4 is 24.6 Å². The Hall–Kier alpha value is -4.59. The summed E-state index contributed by atoms with van der Waals surface area (Å²) >= 11 is 8.12. The van der Waals surface area contributed by atoms with E-state index in [9.17, 15) is 24.0 Å². The van der Waals surface area contributed by atoms with Crippen LogP contribution in [0.15, 0.2) is 76.6 Å². The third-order valence-electron chi connectivity index (χ3n) is 7.88. The molecule has 3 heterocycles. The van der Waals surface area contributed by atoms with Crippen molar-refractivity contribution >= 4 is 69.8 Å². The van der Waals surface area contributed by atoms with Gasteiger partial charge in [0.15, 0.2) is 11.5 Å². The molecule has 11 nitrogen and oxygen atoms in total. The van der Waals surface area contributed by atoms with Gasteiger partial charge in [-0.2, -0.15) is 0 Å². The minimum absolute atomic E-state index is 0.239. The highest BCUT2D eigenvalue weighted by molar-refractivity contribution is 8.00. The zero-order valence-corrected chi connectivity index (χ0v) is 27.7. The van der Waals surface area contributed by atoms with Gasteiger partial charge in [-0.15, -0.1) is 0 Å². The lowest BCUT2D eigenvalue weighted by atomic mass is 9.83. The minimum atomic E-state index is -0.873. The van der Waals surface area contributed by atoms with Crippen molar-refractivity contribution in [3.8, 4) is 11.5 Å². The van der Waals surface area contributed by atoms with Crippen LogP contribution in [0, 0.1) is 5.92 Å². The van der Waals surface area contributed by atoms with E-state index < -0.39 is 45.6 Å². The van der Waals surface area contributed by atoms with Gasteiger partial charge in [0.25, 0.3) is 0 Å². The average Bonchev–Trinajstić information content (AvgIpc) is 3.51. The van der Waals surface area contributed by atoms with Crippen molar-refractivity contribution in [2.75, 3.05) is 31.0 Å².